The van der Waals surface area contributed by atoms with E-state index in [0.717, 1.165) is 0 Å². The first kappa shape index (κ1) is 12.8. The predicted molar refractivity (Wildman–Crippen MR) is 63.7 cm³/mol. The lowest BCUT2D eigenvalue weighted by Crippen LogP contribution is -2.50. The summed E-state index contributed by atoms with van der Waals surface area (Å²) in [7, 11) is 0. The molecule has 0 bridgehead atoms. The Morgan fingerprint density at radius 3 is 2.88 bits per heavy atom. The fourth-order valence-electron chi connectivity index (χ4n) is 2.53. The molecule has 1 saturated carbocycles. The molecule has 0 aromatic rings. The zero-order chi connectivity index (χ0) is 12.1. The molecule has 1 aliphatic heterocycles. The van der Waals surface area contributed by atoms with Crippen LogP contribution in [-0.4, -0.2) is 60.9 Å². The second-order valence-electron chi connectivity index (χ2n) is 4.88. The molecule has 2 fully saturated rings. The van der Waals surface area contributed by atoms with Gasteiger partial charge in [-0.05, 0) is 12.8 Å². The van der Waals surface area contributed by atoms with Crippen molar-refractivity contribution >= 4 is 5.91 Å². The van der Waals surface area contributed by atoms with Crippen molar-refractivity contribution in [1.29, 1.82) is 0 Å². The Bertz CT molecular complexity index is 254. The quantitative estimate of drug-likeness (QED) is 0.713. The van der Waals surface area contributed by atoms with Crippen LogP contribution < -0.4 is 5.32 Å². The van der Waals surface area contributed by atoms with Crippen LogP contribution in [0.2, 0.25) is 0 Å². The Morgan fingerprint density at radius 1 is 1.41 bits per heavy atom. The minimum absolute atomic E-state index is 0.0141. The van der Waals surface area contributed by atoms with E-state index in [-0.39, 0.29) is 18.6 Å². The van der Waals surface area contributed by atoms with E-state index in [1.807, 2.05) is 0 Å². The van der Waals surface area contributed by atoms with Gasteiger partial charge in [-0.15, -0.1) is 0 Å². The number of hydrogen-bond donors (Lipinski definition) is 2. The van der Waals surface area contributed by atoms with E-state index in [2.05, 4.69) is 5.32 Å². The molecule has 17 heavy (non-hydrogen) atoms. The molecule has 2 aliphatic rings. The summed E-state index contributed by atoms with van der Waals surface area (Å²) in [6, 6.07) is 0.522. The normalized spacial score (nSPS) is 26.4. The van der Waals surface area contributed by atoms with Crippen LogP contribution in [0.25, 0.3) is 0 Å². The molecule has 1 unspecified atom stereocenters. The van der Waals surface area contributed by atoms with Crippen molar-refractivity contribution in [3.63, 3.8) is 0 Å². The SMILES string of the molecule is O=C(CNC1CCCC1)N1CCOC(CO)C1. The number of ether oxygens (including phenoxy) is 1. The molecular formula is C12H22N2O3. The first-order valence-corrected chi connectivity index (χ1v) is 6.53. The average molecular weight is 242 g/mol. The molecule has 1 saturated heterocycles. The van der Waals surface area contributed by atoms with Gasteiger partial charge in [-0.2, -0.15) is 0 Å². The molecule has 98 valence electrons. The minimum Gasteiger partial charge on any atom is -0.394 e. The van der Waals surface area contributed by atoms with Crippen molar-refractivity contribution in [2.75, 3.05) is 32.8 Å². The second-order valence-corrected chi connectivity index (χ2v) is 4.88. The molecule has 2 N–H and O–H groups in total. The molecule has 5 heteroatoms. The van der Waals surface area contributed by atoms with Crippen molar-refractivity contribution in [1.82, 2.24) is 10.2 Å². The number of aliphatic hydroxyl groups excluding tert-OH is 1. The summed E-state index contributed by atoms with van der Waals surface area (Å²) in [4.78, 5) is 13.7. The largest absolute Gasteiger partial charge is 0.394 e. The number of nitrogens with one attached hydrogen (secondary N) is 1. The number of carbonyl (C=O) groups is 1. The van der Waals surface area contributed by atoms with Crippen molar-refractivity contribution in [3.05, 3.63) is 0 Å². The molecule has 2 rings (SSSR count). The maximum atomic E-state index is 11.9. The van der Waals surface area contributed by atoms with Crippen LogP contribution in [-0.2, 0) is 9.53 Å². The maximum Gasteiger partial charge on any atom is 0.236 e. The zero-order valence-electron chi connectivity index (χ0n) is 10.2. The van der Waals surface area contributed by atoms with Gasteiger partial charge in [-0.1, -0.05) is 12.8 Å². The molecule has 5 nitrogen and oxygen atoms in total. The highest BCUT2D eigenvalue weighted by Crippen LogP contribution is 2.17. The van der Waals surface area contributed by atoms with E-state index < -0.39 is 0 Å². The summed E-state index contributed by atoms with van der Waals surface area (Å²) in [6.07, 6.45) is 4.72. The molecule has 0 spiro atoms. The van der Waals surface area contributed by atoms with Gasteiger partial charge in [0.05, 0.1) is 25.9 Å². The zero-order valence-corrected chi connectivity index (χ0v) is 10.2. The Kier molecular flexibility index (Phi) is 4.76. The van der Waals surface area contributed by atoms with Crippen molar-refractivity contribution in [3.8, 4) is 0 Å². The van der Waals surface area contributed by atoms with Crippen LogP contribution in [0.5, 0.6) is 0 Å². The first-order chi connectivity index (χ1) is 8.29. The third-order valence-corrected chi connectivity index (χ3v) is 3.59. The number of rotatable bonds is 4. The van der Waals surface area contributed by atoms with Crippen LogP contribution in [0.15, 0.2) is 0 Å². The summed E-state index contributed by atoms with van der Waals surface area (Å²) >= 11 is 0. The smallest absolute Gasteiger partial charge is 0.236 e. The van der Waals surface area contributed by atoms with Crippen LogP contribution in [0, 0.1) is 0 Å². The van der Waals surface area contributed by atoms with Gasteiger partial charge < -0.3 is 20.1 Å². The van der Waals surface area contributed by atoms with Gasteiger partial charge in [0, 0.05) is 19.1 Å². The number of aliphatic hydroxyl groups is 1. The van der Waals surface area contributed by atoms with Gasteiger partial charge in [-0.3, -0.25) is 4.79 Å². The molecule has 1 aliphatic carbocycles. The fourth-order valence-corrected chi connectivity index (χ4v) is 2.53. The van der Waals surface area contributed by atoms with Crippen LogP contribution in [0.4, 0.5) is 0 Å². The van der Waals surface area contributed by atoms with Crippen LogP contribution in [0.3, 0.4) is 0 Å². The molecule has 0 aromatic carbocycles. The number of nitrogens with zero attached hydrogens (tertiary/aromatic N) is 1. The number of morpholine rings is 1. The third kappa shape index (κ3) is 3.66. The van der Waals surface area contributed by atoms with Gasteiger partial charge >= 0.3 is 0 Å². The summed E-state index contributed by atoms with van der Waals surface area (Å²) in [6.45, 7) is 2.09. The van der Waals surface area contributed by atoms with Gasteiger partial charge in [0.1, 0.15) is 0 Å². The van der Waals surface area contributed by atoms with Gasteiger partial charge in [0.15, 0.2) is 0 Å². The molecule has 1 heterocycles. The van der Waals surface area contributed by atoms with E-state index in [4.69, 9.17) is 9.84 Å². The van der Waals surface area contributed by atoms with E-state index >= 15 is 0 Å². The number of hydrogen-bond acceptors (Lipinski definition) is 4. The highest BCUT2D eigenvalue weighted by Gasteiger charge is 2.24. The Hall–Kier alpha value is -0.650. The summed E-state index contributed by atoms with van der Waals surface area (Å²) in [5.74, 6) is 0.124. The van der Waals surface area contributed by atoms with Crippen LogP contribution in [0.1, 0.15) is 25.7 Å². The molecule has 0 aromatic heterocycles. The van der Waals surface area contributed by atoms with Crippen LogP contribution >= 0.6 is 0 Å². The predicted octanol–water partition coefficient (Wildman–Crippen LogP) is -0.262. The van der Waals surface area contributed by atoms with Gasteiger partial charge in [0.2, 0.25) is 5.91 Å². The summed E-state index contributed by atoms with van der Waals surface area (Å²) < 4.78 is 5.32. The lowest BCUT2D eigenvalue weighted by molar-refractivity contribution is -0.139. The number of amides is 1. The van der Waals surface area contributed by atoms with Crippen molar-refractivity contribution in [2.45, 2.75) is 37.8 Å². The van der Waals surface area contributed by atoms with E-state index in [1.165, 1.54) is 25.7 Å². The monoisotopic (exact) mass is 242 g/mol. The van der Waals surface area contributed by atoms with Crippen molar-refractivity contribution in [2.24, 2.45) is 0 Å². The molecule has 1 amide bonds. The standard InChI is InChI=1S/C12H22N2O3/c15-9-11-8-14(5-6-17-11)12(16)7-13-10-3-1-2-4-10/h10-11,13,15H,1-9H2. The van der Waals surface area contributed by atoms with Crippen molar-refractivity contribution < 1.29 is 14.6 Å². The summed E-state index contributed by atoms with van der Waals surface area (Å²) in [5, 5.41) is 12.3. The van der Waals surface area contributed by atoms with E-state index in [1.54, 1.807) is 4.90 Å². The summed E-state index contributed by atoms with van der Waals surface area (Å²) in [5.41, 5.74) is 0. The lowest BCUT2D eigenvalue weighted by atomic mass is 10.2. The highest BCUT2D eigenvalue weighted by molar-refractivity contribution is 5.78. The fraction of sp³-hybridized carbons (Fsp3) is 0.917. The minimum atomic E-state index is -0.209. The topological polar surface area (TPSA) is 61.8 Å². The Labute approximate surface area is 102 Å². The van der Waals surface area contributed by atoms with E-state index in [9.17, 15) is 4.79 Å². The molecular weight excluding hydrogens is 220 g/mol. The van der Waals surface area contributed by atoms with Gasteiger partial charge in [0.25, 0.3) is 0 Å². The Morgan fingerprint density at radius 2 is 2.18 bits per heavy atom. The molecule has 0 radical (unpaired) electrons. The van der Waals surface area contributed by atoms with E-state index in [0.29, 0.717) is 32.3 Å². The first-order valence-electron chi connectivity index (χ1n) is 6.53. The lowest BCUT2D eigenvalue weighted by Gasteiger charge is -2.32. The third-order valence-electron chi connectivity index (χ3n) is 3.59. The average Bonchev–Trinajstić information content (AvgIpc) is 2.89. The van der Waals surface area contributed by atoms with Gasteiger partial charge in [-0.25, -0.2) is 0 Å². The highest BCUT2D eigenvalue weighted by atomic mass is 16.5. The number of carbonyl (C=O) groups excluding carboxylic acids is 1. The molecule has 1 atom stereocenters. The maximum absolute atomic E-state index is 11.9. The second kappa shape index (κ2) is 6.33. The Balaban J connectivity index is 1.71.